The van der Waals surface area contributed by atoms with E-state index in [1.54, 1.807) is 0 Å². The maximum atomic E-state index is 5.90. The number of halogens is 1. The molecule has 0 atom stereocenters. The fourth-order valence-corrected chi connectivity index (χ4v) is 1.61. The Morgan fingerprint density at radius 1 is 1.31 bits per heavy atom. The molecule has 1 aromatic heterocycles. The fraction of sp³-hybridized carbons (Fsp3) is 0.100. The summed E-state index contributed by atoms with van der Waals surface area (Å²) in [4.78, 5) is 5.19. The molecular weight excluding hydrogens is 202 g/mol. The van der Waals surface area contributed by atoms with E-state index < -0.39 is 0 Å². The minimum atomic E-state index is 0.569. The van der Waals surface area contributed by atoms with Crippen molar-refractivity contribution >= 4 is 35.1 Å². The standard InChI is InChI=1S/C10H8ClNS/c1-6-4-7-5-8(13)2-3-9(7)12-10(6)11/h2-5,13H,1H3. The molecular formula is C10H8ClNS. The van der Waals surface area contributed by atoms with E-state index >= 15 is 0 Å². The SMILES string of the molecule is Cc1cc2cc(S)ccc2nc1Cl. The molecule has 66 valence electrons. The normalized spacial score (nSPS) is 10.7. The Morgan fingerprint density at radius 2 is 2.08 bits per heavy atom. The summed E-state index contributed by atoms with van der Waals surface area (Å²) in [5.74, 6) is 0. The number of fused-ring (bicyclic) bond motifs is 1. The molecule has 0 saturated heterocycles. The molecule has 0 N–H and O–H groups in total. The van der Waals surface area contributed by atoms with E-state index in [0.29, 0.717) is 5.15 Å². The zero-order chi connectivity index (χ0) is 9.42. The highest BCUT2D eigenvalue weighted by molar-refractivity contribution is 7.80. The van der Waals surface area contributed by atoms with E-state index in [1.165, 1.54) is 0 Å². The minimum Gasteiger partial charge on any atom is -0.236 e. The molecule has 0 aliphatic heterocycles. The maximum absolute atomic E-state index is 5.90. The summed E-state index contributed by atoms with van der Waals surface area (Å²) >= 11 is 10.2. The predicted molar refractivity (Wildman–Crippen MR) is 58.7 cm³/mol. The van der Waals surface area contributed by atoms with Gasteiger partial charge in [0.25, 0.3) is 0 Å². The molecule has 0 bridgehead atoms. The van der Waals surface area contributed by atoms with Crippen LogP contribution in [0.2, 0.25) is 5.15 Å². The van der Waals surface area contributed by atoms with Crippen LogP contribution in [0.25, 0.3) is 10.9 Å². The van der Waals surface area contributed by atoms with Crippen LogP contribution in [0.3, 0.4) is 0 Å². The van der Waals surface area contributed by atoms with Crippen LogP contribution in [-0.2, 0) is 0 Å². The fourth-order valence-electron chi connectivity index (χ4n) is 1.25. The summed E-state index contributed by atoms with van der Waals surface area (Å²) in [5.41, 5.74) is 1.90. The van der Waals surface area contributed by atoms with Gasteiger partial charge in [0, 0.05) is 10.3 Å². The zero-order valence-electron chi connectivity index (χ0n) is 7.08. The van der Waals surface area contributed by atoms with Crippen LogP contribution in [0.5, 0.6) is 0 Å². The lowest BCUT2D eigenvalue weighted by Crippen LogP contribution is -1.83. The first-order chi connectivity index (χ1) is 6.16. The van der Waals surface area contributed by atoms with Crippen LogP contribution in [0.1, 0.15) is 5.56 Å². The lowest BCUT2D eigenvalue weighted by atomic mass is 10.2. The molecule has 0 fully saturated rings. The van der Waals surface area contributed by atoms with Gasteiger partial charge in [0.2, 0.25) is 0 Å². The molecule has 1 aromatic carbocycles. The number of aryl methyl sites for hydroxylation is 1. The first-order valence-corrected chi connectivity index (χ1v) is 4.75. The van der Waals surface area contributed by atoms with Gasteiger partial charge in [-0.2, -0.15) is 0 Å². The molecule has 0 saturated carbocycles. The Kier molecular flexibility index (Phi) is 2.18. The number of rotatable bonds is 0. The van der Waals surface area contributed by atoms with Crippen molar-refractivity contribution in [2.75, 3.05) is 0 Å². The summed E-state index contributed by atoms with van der Waals surface area (Å²) in [6, 6.07) is 7.83. The molecule has 0 aliphatic rings. The number of aromatic nitrogens is 1. The van der Waals surface area contributed by atoms with Gasteiger partial charge in [0.05, 0.1) is 5.52 Å². The summed E-state index contributed by atoms with van der Waals surface area (Å²) in [6.07, 6.45) is 0. The number of thiol groups is 1. The molecule has 3 heteroatoms. The summed E-state index contributed by atoms with van der Waals surface area (Å²) in [6.45, 7) is 1.94. The van der Waals surface area contributed by atoms with Gasteiger partial charge < -0.3 is 0 Å². The van der Waals surface area contributed by atoms with Crippen molar-refractivity contribution in [3.63, 3.8) is 0 Å². The molecule has 0 radical (unpaired) electrons. The average molecular weight is 210 g/mol. The number of hydrogen-bond acceptors (Lipinski definition) is 2. The third kappa shape index (κ3) is 1.64. The van der Waals surface area contributed by atoms with Crippen molar-refractivity contribution in [1.82, 2.24) is 4.98 Å². The number of nitrogens with zero attached hydrogens (tertiary/aromatic N) is 1. The quantitative estimate of drug-likeness (QED) is 0.518. The first kappa shape index (κ1) is 8.85. The molecule has 2 aromatic rings. The second-order valence-corrected chi connectivity index (χ2v) is 3.85. The molecule has 13 heavy (non-hydrogen) atoms. The summed E-state index contributed by atoms with van der Waals surface area (Å²) in [5, 5.41) is 1.65. The maximum Gasteiger partial charge on any atom is 0.132 e. The van der Waals surface area contributed by atoms with E-state index in [4.69, 9.17) is 11.6 Å². The van der Waals surface area contributed by atoms with Crippen molar-refractivity contribution in [2.24, 2.45) is 0 Å². The summed E-state index contributed by atoms with van der Waals surface area (Å²) in [7, 11) is 0. The van der Waals surface area contributed by atoms with Crippen LogP contribution in [0.4, 0.5) is 0 Å². The number of benzene rings is 1. The first-order valence-electron chi connectivity index (χ1n) is 3.93. The van der Waals surface area contributed by atoms with Crippen LogP contribution in [-0.4, -0.2) is 4.98 Å². The zero-order valence-corrected chi connectivity index (χ0v) is 8.73. The van der Waals surface area contributed by atoms with Crippen LogP contribution >= 0.6 is 24.2 Å². The van der Waals surface area contributed by atoms with Gasteiger partial charge in [-0.25, -0.2) is 4.98 Å². The Morgan fingerprint density at radius 3 is 2.85 bits per heavy atom. The summed E-state index contributed by atoms with van der Waals surface area (Å²) < 4.78 is 0. The van der Waals surface area contributed by atoms with Crippen molar-refractivity contribution in [3.8, 4) is 0 Å². The van der Waals surface area contributed by atoms with E-state index in [9.17, 15) is 0 Å². The molecule has 1 nitrogen and oxygen atoms in total. The van der Waals surface area contributed by atoms with E-state index in [-0.39, 0.29) is 0 Å². The topological polar surface area (TPSA) is 12.9 Å². The minimum absolute atomic E-state index is 0.569. The van der Waals surface area contributed by atoms with Crippen molar-refractivity contribution in [2.45, 2.75) is 11.8 Å². The van der Waals surface area contributed by atoms with E-state index in [1.807, 2.05) is 31.2 Å². The molecule has 0 amide bonds. The van der Waals surface area contributed by atoms with Gasteiger partial charge in [0.1, 0.15) is 5.15 Å². The predicted octanol–water partition coefficient (Wildman–Crippen LogP) is 3.49. The van der Waals surface area contributed by atoms with Crippen molar-refractivity contribution in [1.29, 1.82) is 0 Å². The lowest BCUT2D eigenvalue weighted by Gasteiger charge is -2.01. The van der Waals surface area contributed by atoms with Crippen molar-refractivity contribution < 1.29 is 0 Å². The monoisotopic (exact) mass is 209 g/mol. The second kappa shape index (κ2) is 3.20. The highest BCUT2D eigenvalue weighted by Crippen LogP contribution is 2.21. The molecule has 0 aliphatic carbocycles. The Hall–Kier alpha value is -0.730. The molecule has 1 heterocycles. The van der Waals surface area contributed by atoms with E-state index in [2.05, 4.69) is 17.6 Å². The second-order valence-electron chi connectivity index (χ2n) is 2.97. The van der Waals surface area contributed by atoms with Crippen LogP contribution < -0.4 is 0 Å². The smallest absolute Gasteiger partial charge is 0.132 e. The number of pyridine rings is 1. The Bertz CT molecular complexity index is 468. The average Bonchev–Trinajstić information content (AvgIpc) is 2.08. The largest absolute Gasteiger partial charge is 0.236 e. The Labute approximate surface area is 87.2 Å². The van der Waals surface area contributed by atoms with Crippen molar-refractivity contribution in [3.05, 3.63) is 35.0 Å². The number of hydrogen-bond donors (Lipinski definition) is 1. The Balaban J connectivity index is 2.81. The van der Waals surface area contributed by atoms with Gasteiger partial charge in [0.15, 0.2) is 0 Å². The third-order valence-corrected chi connectivity index (χ3v) is 2.59. The van der Waals surface area contributed by atoms with E-state index in [0.717, 1.165) is 21.4 Å². The lowest BCUT2D eigenvalue weighted by molar-refractivity contribution is 1.32. The van der Waals surface area contributed by atoms with Gasteiger partial charge in [-0.1, -0.05) is 11.6 Å². The van der Waals surface area contributed by atoms with Gasteiger partial charge in [-0.3, -0.25) is 0 Å². The van der Waals surface area contributed by atoms with Crippen LogP contribution in [0, 0.1) is 6.92 Å². The van der Waals surface area contributed by atoms with Gasteiger partial charge >= 0.3 is 0 Å². The molecule has 2 rings (SSSR count). The molecule has 0 unspecified atom stereocenters. The van der Waals surface area contributed by atoms with Gasteiger partial charge in [-0.15, -0.1) is 12.6 Å². The van der Waals surface area contributed by atoms with Gasteiger partial charge in [-0.05, 0) is 36.8 Å². The van der Waals surface area contributed by atoms with Crippen LogP contribution in [0.15, 0.2) is 29.2 Å². The third-order valence-electron chi connectivity index (χ3n) is 1.93. The molecule has 0 spiro atoms. The highest BCUT2D eigenvalue weighted by Gasteiger charge is 2.00. The highest BCUT2D eigenvalue weighted by atomic mass is 35.5.